The summed E-state index contributed by atoms with van der Waals surface area (Å²) in [5.41, 5.74) is -0.801. The predicted octanol–water partition coefficient (Wildman–Crippen LogP) is 1.74. The van der Waals surface area contributed by atoms with Gasteiger partial charge in [-0.3, -0.25) is 0 Å². The van der Waals surface area contributed by atoms with E-state index in [1.807, 2.05) is 13.8 Å². The molecule has 0 radical (unpaired) electrons. The number of carboxylic acid groups (broad SMARTS) is 1. The standard InChI is InChI=1S/C14H26N2O4/c1-13(2,3)10(11(17)18)16-12(19)15-9-6-7-20-14(4,5)8-9/h9-10H,6-8H2,1-5H3,(H,17,18)(H2,15,16,19). The van der Waals surface area contributed by atoms with Crippen molar-refractivity contribution in [2.24, 2.45) is 5.41 Å². The Bertz CT molecular complexity index is 374. The van der Waals surface area contributed by atoms with Gasteiger partial charge in [0, 0.05) is 12.6 Å². The maximum absolute atomic E-state index is 12.0. The summed E-state index contributed by atoms with van der Waals surface area (Å²) in [5.74, 6) is -1.03. The minimum absolute atomic E-state index is 0.00756. The van der Waals surface area contributed by atoms with Crippen LogP contribution in [0.2, 0.25) is 0 Å². The second kappa shape index (κ2) is 5.99. The molecule has 20 heavy (non-hydrogen) atoms. The van der Waals surface area contributed by atoms with Gasteiger partial charge >= 0.3 is 12.0 Å². The first-order chi connectivity index (χ1) is 9.01. The summed E-state index contributed by atoms with van der Waals surface area (Å²) in [6, 6.07) is -1.35. The first kappa shape index (κ1) is 16.8. The Balaban J connectivity index is 2.56. The maximum atomic E-state index is 12.0. The molecule has 0 spiro atoms. The quantitative estimate of drug-likeness (QED) is 0.737. The first-order valence-electron chi connectivity index (χ1n) is 6.95. The van der Waals surface area contributed by atoms with Crippen molar-refractivity contribution in [3.8, 4) is 0 Å². The van der Waals surface area contributed by atoms with Crippen LogP contribution in [0.1, 0.15) is 47.5 Å². The topological polar surface area (TPSA) is 87.7 Å². The number of hydrogen-bond donors (Lipinski definition) is 3. The summed E-state index contributed by atoms with van der Waals surface area (Å²) in [5, 5.41) is 14.6. The molecule has 2 unspecified atom stereocenters. The van der Waals surface area contributed by atoms with Gasteiger partial charge in [-0.2, -0.15) is 0 Å². The zero-order chi connectivity index (χ0) is 15.6. The first-order valence-corrected chi connectivity index (χ1v) is 6.95. The predicted molar refractivity (Wildman–Crippen MR) is 75.6 cm³/mol. The van der Waals surface area contributed by atoms with E-state index in [1.54, 1.807) is 20.8 Å². The molecule has 1 fully saturated rings. The molecular weight excluding hydrogens is 260 g/mol. The zero-order valence-electron chi connectivity index (χ0n) is 12.9. The van der Waals surface area contributed by atoms with Gasteiger partial charge in [0.2, 0.25) is 0 Å². The van der Waals surface area contributed by atoms with Crippen LogP contribution in [0.15, 0.2) is 0 Å². The number of hydrogen-bond acceptors (Lipinski definition) is 3. The lowest BCUT2D eigenvalue weighted by Gasteiger charge is -2.36. The van der Waals surface area contributed by atoms with Crippen molar-refractivity contribution in [3.63, 3.8) is 0 Å². The fourth-order valence-corrected chi connectivity index (χ4v) is 2.36. The van der Waals surface area contributed by atoms with E-state index in [4.69, 9.17) is 4.74 Å². The second-order valence-corrected chi connectivity index (χ2v) is 7.05. The normalized spacial score (nSPS) is 23.8. The van der Waals surface area contributed by atoms with Crippen molar-refractivity contribution < 1.29 is 19.4 Å². The molecular formula is C14H26N2O4. The lowest BCUT2D eigenvalue weighted by molar-refractivity contribution is -0.141. The van der Waals surface area contributed by atoms with Crippen LogP contribution >= 0.6 is 0 Å². The van der Waals surface area contributed by atoms with Gasteiger partial charge in [-0.15, -0.1) is 0 Å². The van der Waals surface area contributed by atoms with Crippen LogP contribution < -0.4 is 10.6 Å². The van der Waals surface area contributed by atoms with Crippen LogP contribution in [0.4, 0.5) is 4.79 Å². The van der Waals surface area contributed by atoms with Crippen molar-refractivity contribution in [1.82, 2.24) is 10.6 Å². The number of carboxylic acids is 1. The van der Waals surface area contributed by atoms with Gasteiger partial charge < -0.3 is 20.5 Å². The summed E-state index contributed by atoms with van der Waals surface area (Å²) in [6.07, 6.45) is 1.46. The molecule has 2 atom stereocenters. The number of urea groups is 1. The molecule has 6 nitrogen and oxygen atoms in total. The zero-order valence-corrected chi connectivity index (χ0v) is 12.9. The molecule has 1 saturated heterocycles. The number of carbonyl (C=O) groups excluding carboxylic acids is 1. The van der Waals surface area contributed by atoms with Crippen LogP contribution in [-0.4, -0.2) is 41.4 Å². The third-order valence-electron chi connectivity index (χ3n) is 3.42. The number of rotatable bonds is 3. The Hall–Kier alpha value is -1.30. The summed E-state index contributed by atoms with van der Waals surface area (Å²) in [6.45, 7) is 9.90. The van der Waals surface area contributed by atoms with Crippen molar-refractivity contribution in [1.29, 1.82) is 0 Å². The van der Waals surface area contributed by atoms with E-state index in [0.717, 1.165) is 6.42 Å². The minimum atomic E-state index is -1.03. The Labute approximate surface area is 120 Å². The average molecular weight is 286 g/mol. The summed E-state index contributed by atoms with van der Waals surface area (Å²) in [4.78, 5) is 23.2. The molecule has 0 saturated carbocycles. The van der Waals surface area contributed by atoms with Crippen LogP contribution in [0.25, 0.3) is 0 Å². The molecule has 0 aliphatic carbocycles. The highest BCUT2D eigenvalue weighted by Crippen LogP contribution is 2.24. The highest BCUT2D eigenvalue weighted by Gasteiger charge is 2.34. The van der Waals surface area contributed by atoms with E-state index >= 15 is 0 Å². The molecule has 1 aliphatic heterocycles. The molecule has 0 bridgehead atoms. The number of nitrogens with one attached hydrogen (secondary N) is 2. The summed E-state index contributed by atoms with van der Waals surface area (Å²) >= 11 is 0. The summed E-state index contributed by atoms with van der Waals surface area (Å²) in [7, 11) is 0. The van der Waals surface area contributed by atoms with E-state index in [2.05, 4.69) is 10.6 Å². The number of ether oxygens (including phenoxy) is 1. The van der Waals surface area contributed by atoms with Crippen LogP contribution in [0.5, 0.6) is 0 Å². The van der Waals surface area contributed by atoms with Crippen molar-refractivity contribution in [3.05, 3.63) is 0 Å². The lowest BCUT2D eigenvalue weighted by Crippen LogP contribution is -2.55. The second-order valence-electron chi connectivity index (χ2n) is 7.05. The molecule has 1 rings (SSSR count). The molecule has 0 aromatic carbocycles. The maximum Gasteiger partial charge on any atom is 0.326 e. The molecule has 0 aromatic rings. The molecule has 1 aliphatic rings. The van der Waals surface area contributed by atoms with Gasteiger partial charge in [0.1, 0.15) is 6.04 Å². The Morgan fingerprint density at radius 3 is 2.40 bits per heavy atom. The monoisotopic (exact) mass is 286 g/mol. The molecule has 116 valence electrons. The highest BCUT2D eigenvalue weighted by atomic mass is 16.5. The largest absolute Gasteiger partial charge is 0.480 e. The molecule has 2 amide bonds. The number of amides is 2. The van der Waals surface area contributed by atoms with E-state index in [-0.39, 0.29) is 11.6 Å². The lowest BCUT2D eigenvalue weighted by atomic mass is 9.87. The van der Waals surface area contributed by atoms with Gasteiger partial charge in [-0.25, -0.2) is 9.59 Å². The summed E-state index contributed by atoms with van der Waals surface area (Å²) < 4.78 is 5.58. The van der Waals surface area contributed by atoms with Crippen molar-refractivity contribution in [2.75, 3.05) is 6.61 Å². The van der Waals surface area contributed by atoms with Crippen molar-refractivity contribution >= 4 is 12.0 Å². The van der Waals surface area contributed by atoms with Gasteiger partial charge in [0.15, 0.2) is 0 Å². The average Bonchev–Trinajstić information content (AvgIpc) is 2.22. The Kier molecular flexibility index (Phi) is 5.02. The van der Waals surface area contributed by atoms with Gasteiger partial charge in [-0.1, -0.05) is 20.8 Å². The smallest absolute Gasteiger partial charge is 0.326 e. The van der Waals surface area contributed by atoms with Gasteiger partial charge in [0.25, 0.3) is 0 Å². The number of aliphatic carboxylic acids is 1. The minimum Gasteiger partial charge on any atom is -0.480 e. The van der Waals surface area contributed by atoms with E-state index in [1.165, 1.54) is 0 Å². The van der Waals surface area contributed by atoms with E-state index < -0.39 is 23.5 Å². The Morgan fingerprint density at radius 1 is 1.35 bits per heavy atom. The van der Waals surface area contributed by atoms with E-state index in [0.29, 0.717) is 13.0 Å². The highest BCUT2D eigenvalue weighted by molar-refractivity contribution is 5.83. The molecule has 3 N–H and O–H groups in total. The van der Waals surface area contributed by atoms with Gasteiger partial charge in [-0.05, 0) is 32.1 Å². The molecule has 0 aromatic heterocycles. The number of carbonyl (C=O) groups is 2. The molecule has 1 heterocycles. The van der Waals surface area contributed by atoms with Crippen LogP contribution in [0.3, 0.4) is 0 Å². The SMILES string of the molecule is CC1(C)CC(NC(=O)NC(C(=O)O)C(C)(C)C)CCO1. The van der Waals surface area contributed by atoms with Crippen LogP contribution in [0, 0.1) is 5.41 Å². The fraction of sp³-hybridized carbons (Fsp3) is 0.857. The Morgan fingerprint density at radius 2 is 1.95 bits per heavy atom. The van der Waals surface area contributed by atoms with Gasteiger partial charge in [0.05, 0.1) is 5.60 Å². The third-order valence-corrected chi connectivity index (χ3v) is 3.42. The van der Waals surface area contributed by atoms with E-state index in [9.17, 15) is 14.7 Å². The van der Waals surface area contributed by atoms with Crippen LogP contribution in [-0.2, 0) is 9.53 Å². The fourth-order valence-electron chi connectivity index (χ4n) is 2.36. The van der Waals surface area contributed by atoms with Crippen molar-refractivity contribution in [2.45, 2.75) is 65.1 Å². The third kappa shape index (κ3) is 5.00. The molecule has 6 heteroatoms.